The molecule has 0 atom stereocenters. The molecule has 7 heteroatoms. The molecule has 6 nitrogen and oxygen atoms in total. The number of nitrogens with one attached hydrogen (secondary N) is 1. The van der Waals surface area contributed by atoms with Gasteiger partial charge in [-0.3, -0.25) is 13.9 Å². The maximum atomic E-state index is 12.6. The Bertz CT molecular complexity index is 1050. The predicted molar refractivity (Wildman–Crippen MR) is 106 cm³/mol. The van der Waals surface area contributed by atoms with Crippen LogP contribution in [0.2, 0.25) is 0 Å². The van der Waals surface area contributed by atoms with Crippen LogP contribution >= 0.6 is 0 Å². The van der Waals surface area contributed by atoms with Crippen molar-refractivity contribution >= 4 is 16.8 Å². The molecule has 3 aromatic rings. The Balaban J connectivity index is 2.03. The minimum atomic E-state index is -0.342. The van der Waals surface area contributed by atoms with E-state index in [1.54, 1.807) is 23.0 Å². The molecule has 0 spiro atoms. The number of nitrogens with zero attached hydrogens (tertiary/aromatic N) is 4. The number of para-hydroxylation sites is 1. The predicted octanol–water partition coefficient (Wildman–Crippen LogP) is 3.69. The lowest BCUT2D eigenvalue weighted by molar-refractivity contribution is 0.0948. The van der Waals surface area contributed by atoms with E-state index in [2.05, 4.69) is 21.5 Å². The van der Waals surface area contributed by atoms with Gasteiger partial charge in [-0.05, 0) is 43.9 Å². The summed E-state index contributed by atoms with van der Waals surface area (Å²) in [6, 6.07) is 9.28. The third-order valence-electron chi connectivity index (χ3n) is 4.81. The molecule has 1 N–H and O–H groups in total. The van der Waals surface area contributed by atoms with Crippen molar-refractivity contribution in [3.8, 4) is 17.2 Å². The molecule has 0 radical (unpaired) electrons. The van der Waals surface area contributed by atoms with Gasteiger partial charge in [-0.2, -0.15) is 10.4 Å². The Morgan fingerprint density at radius 1 is 1.29 bits per heavy atom. The molecule has 144 valence electrons. The van der Waals surface area contributed by atoms with Gasteiger partial charge in [-0.15, -0.1) is 0 Å². The standard InChI is InChI=1S/C21H22FN5O/c1-14-18(13-25-27(14)2)17-11-19(21(28)24-10-5-3-4-9-22)26-20-15(12-23)7-6-8-16(17)20/h6-8,11,13H,3-5,9-10H2,1-2H3,(H,24,28). The average Bonchev–Trinajstić information content (AvgIpc) is 3.04. The first-order chi connectivity index (χ1) is 13.6. The molecule has 1 amide bonds. The van der Waals surface area contributed by atoms with Gasteiger partial charge in [-0.25, -0.2) is 4.98 Å². The van der Waals surface area contributed by atoms with Crippen LogP contribution < -0.4 is 5.32 Å². The number of fused-ring (bicyclic) bond motifs is 1. The SMILES string of the molecule is Cc1c(-c2cc(C(=O)NCCCCCF)nc3c(C#N)cccc23)cnn1C. The molecule has 2 aromatic heterocycles. The summed E-state index contributed by atoms with van der Waals surface area (Å²) in [4.78, 5) is 17.1. The molecule has 2 heterocycles. The number of aromatic nitrogens is 3. The van der Waals surface area contributed by atoms with E-state index in [1.807, 2.05) is 26.1 Å². The van der Waals surface area contributed by atoms with Gasteiger partial charge in [-0.1, -0.05) is 12.1 Å². The van der Waals surface area contributed by atoms with Crippen LogP contribution in [0, 0.1) is 18.3 Å². The lowest BCUT2D eigenvalue weighted by atomic mass is 9.98. The van der Waals surface area contributed by atoms with Gasteiger partial charge in [0.25, 0.3) is 5.91 Å². The number of benzene rings is 1. The molecule has 0 bridgehead atoms. The Morgan fingerprint density at radius 3 is 2.79 bits per heavy atom. The highest BCUT2D eigenvalue weighted by atomic mass is 19.1. The van der Waals surface area contributed by atoms with E-state index in [4.69, 9.17) is 0 Å². The summed E-state index contributed by atoms with van der Waals surface area (Å²) in [5.41, 5.74) is 3.81. The summed E-state index contributed by atoms with van der Waals surface area (Å²) >= 11 is 0. The van der Waals surface area contributed by atoms with Crippen molar-refractivity contribution in [2.24, 2.45) is 7.05 Å². The summed E-state index contributed by atoms with van der Waals surface area (Å²) < 4.78 is 13.9. The van der Waals surface area contributed by atoms with Crippen molar-refractivity contribution in [2.45, 2.75) is 26.2 Å². The first-order valence-corrected chi connectivity index (χ1v) is 9.23. The van der Waals surface area contributed by atoms with Crippen molar-refractivity contribution in [2.75, 3.05) is 13.2 Å². The van der Waals surface area contributed by atoms with Crippen LogP contribution in [-0.4, -0.2) is 33.9 Å². The van der Waals surface area contributed by atoms with Gasteiger partial charge >= 0.3 is 0 Å². The van der Waals surface area contributed by atoms with Gasteiger partial charge in [0.1, 0.15) is 11.8 Å². The lowest BCUT2D eigenvalue weighted by Crippen LogP contribution is -2.25. The maximum Gasteiger partial charge on any atom is 0.269 e. The number of halogens is 1. The number of hydrogen-bond acceptors (Lipinski definition) is 4. The Morgan fingerprint density at radius 2 is 2.11 bits per heavy atom. The van der Waals surface area contributed by atoms with Crippen molar-refractivity contribution in [1.29, 1.82) is 5.26 Å². The smallest absolute Gasteiger partial charge is 0.269 e. The number of unbranched alkanes of at least 4 members (excludes halogenated alkanes) is 2. The molecular weight excluding hydrogens is 357 g/mol. The number of pyridine rings is 1. The Kier molecular flexibility index (Phi) is 5.99. The van der Waals surface area contributed by atoms with Gasteiger partial charge in [0.2, 0.25) is 0 Å². The van der Waals surface area contributed by atoms with Crippen molar-refractivity contribution in [3.63, 3.8) is 0 Å². The van der Waals surface area contributed by atoms with Crippen LogP contribution in [0.5, 0.6) is 0 Å². The number of carbonyl (C=O) groups excluding carboxylic acids is 1. The number of rotatable bonds is 7. The molecule has 1 aromatic carbocycles. The monoisotopic (exact) mass is 379 g/mol. The average molecular weight is 379 g/mol. The number of hydrogen-bond donors (Lipinski definition) is 1. The van der Waals surface area contributed by atoms with Crippen LogP contribution in [0.25, 0.3) is 22.0 Å². The van der Waals surface area contributed by atoms with Crippen LogP contribution in [0.1, 0.15) is 41.0 Å². The number of amides is 1. The molecule has 28 heavy (non-hydrogen) atoms. The highest BCUT2D eigenvalue weighted by Gasteiger charge is 2.17. The van der Waals surface area contributed by atoms with Crippen LogP contribution in [-0.2, 0) is 7.05 Å². The number of nitriles is 1. The lowest BCUT2D eigenvalue weighted by Gasteiger charge is -2.11. The largest absolute Gasteiger partial charge is 0.351 e. The summed E-state index contributed by atoms with van der Waals surface area (Å²) in [6.45, 7) is 2.07. The zero-order valence-corrected chi connectivity index (χ0v) is 16.0. The van der Waals surface area contributed by atoms with Crippen molar-refractivity contribution < 1.29 is 9.18 Å². The van der Waals surface area contributed by atoms with Crippen LogP contribution in [0.3, 0.4) is 0 Å². The number of carbonyl (C=O) groups is 1. The van der Waals surface area contributed by atoms with E-state index in [0.29, 0.717) is 30.5 Å². The molecule has 0 fully saturated rings. The Hall–Kier alpha value is -3.27. The molecule has 0 aliphatic rings. The van der Waals surface area contributed by atoms with Gasteiger partial charge in [0.05, 0.1) is 24.0 Å². The summed E-state index contributed by atoms with van der Waals surface area (Å²) in [7, 11) is 1.86. The van der Waals surface area contributed by atoms with E-state index in [1.165, 1.54) is 0 Å². The minimum absolute atomic E-state index is 0.249. The first-order valence-electron chi connectivity index (χ1n) is 9.23. The molecule has 0 aliphatic carbocycles. The summed E-state index contributed by atoms with van der Waals surface area (Å²) in [5, 5.41) is 17.4. The molecule has 0 aliphatic heterocycles. The second-order valence-electron chi connectivity index (χ2n) is 6.64. The third-order valence-corrected chi connectivity index (χ3v) is 4.81. The molecule has 0 saturated heterocycles. The quantitative estimate of drug-likeness (QED) is 0.635. The zero-order valence-electron chi connectivity index (χ0n) is 16.0. The normalized spacial score (nSPS) is 10.8. The van der Waals surface area contributed by atoms with E-state index < -0.39 is 0 Å². The Labute approximate surface area is 163 Å². The topological polar surface area (TPSA) is 83.6 Å². The summed E-state index contributed by atoms with van der Waals surface area (Å²) in [6.07, 6.45) is 3.68. The number of alkyl halides is 1. The fourth-order valence-corrected chi connectivity index (χ4v) is 3.13. The second kappa shape index (κ2) is 8.61. The van der Waals surface area contributed by atoms with E-state index in [9.17, 15) is 14.4 Å². The van der Waals surface area contributed by atoms with Crippen molar-refractivity contribution in [1.82, 2.24) is 20.1 Å². The fraction of sp³-hybridized carbons (Fsp3) is 0.333. The highest BCUT2D eigenvalue weighted by Crippen LogP contribution is 2.32. The van der Waals surface area contributed by atoms with Gasteiger partial charge in [0, 0.05) is 30.2 Å². The van der Waals surface area contributed by atoms with E-state index in [-0.39, 0.29) is 18.3 Å². The molecular formula is C21H22FN5O. The third kappa shape index (κ3) is 3.86. The van der Waals surface area contributed by atoms with E-state index in [0.717, 1.165) is 28.6 Å². The van der Waals surface area contributed by atoms with E-state index >= 15 is 0 Å². The number of aryl methyl sites for hydroxylation is 1. The van der Waals surface area contributed by atoms with Crippen LogP contribution in [0.4, 0.5) is 4.39 Å². The van der Waals surface area contributed by atoms with Crippen LogP contribution in [0.15, 0.2) is 30.5 Å². The molecule has 0 saturated carbocycles. The molecule has 3 rings (SSSR count). The maximum absolute atomic E-state index is 12.6. The fourth-order valence-electron chi connectivity index (χ4n) is 3.13. The van der Waals surface area contributed by atoms with Gasteiger partial charge in [0.15, 0.2) is 0 Å². The highest BCUT2D eigenvalue weighted by molar-refractivity contribution is 6.03. The minimum Gasteiger partial charge on any atom is -0.351 e. The first kappa shape index (κ1) is 19.5. The van der Waals surface area contributed by atoms with Crippen molar-refractivity contribution in [3.05, 3.63) is 47.4 Å². The summed E-state index contributed by atoms with van der Waals surface area (Å²) in [5.74, 6) is -0.308. The van der Waals surface area contributed by atoms with Gasteiger partial charge < -0.3 is 5.32 Å². The molecule has 0 unspecified atom stereocenters. The second-order valence-corrected chi connectivity index (χ2v) is 6.64. The zero-order chi connectivity index (χ0) is 20.1.